The first-order valence-electron chi connectivity index (χ1n) is 6.81. The van der Waals surface area contributed by atoms with Crippen LogP contribution >= 0.6 is 27.3 Å². The van der Waals surface area contributed by atoms with E-state index in [0.29, 0.717) is 16.7 Å². The Morgan fingerprint density at radius 3 is 2.95 bits per heavy atom. The highest BCUT2D eigenvalue weighted by Crippen LogP contribution is 2.25. The van der Waals surface area contributed by atoms with Crippen LogP contribution in [0.3, 0.4) is 0 Å². The van der Waals surface area contributed by atoms with Crippen LogP contribution in [0.4, 0.5) is 5.95 Å². The van der Waals surface area contributed by atoms with Crippen LogP contribution in [0.25, 0.3) is 0 Å². The largest absolute Gasteiger partial charge is 0.317 e. The molecule has 8 heteroatoms. The Labute approximate surface area is 135 Å². The zero-order valence-corrected chi connectivity index (χ0v) is 14.0. The molecule has 3 heterocycles. The van der Waals surface area contributed by atoms with E-state index in [1.807, 2.05) is 11.4 Å². The Balaban J connectivity index is 1.75. The summed E-state index contributed by atoms with van der Waals surface area (Å²) < 4.78 is 2.43. The number of anilines is 1. The van der Waals surface area contributed by atoms with Crippen molar-refractivity contribution in [3.63, 3.8) is 0 Å². The Morgan fingerprint density at radius 2 is 2.29 bits per heavy atom. The van der Waals surface area contributed by atoms with Gasteiger partial charge >= 0.3 is 0 Å². The van der Waals surface area contributed by atoms with E-state index in [9.17, 15) is 4.79 Å². The molecule has 21 heavy (non-hydrogen) atoms. The molecule has 0 spiro atoms. The highest BCUT2D eigenvalue weighted by Gasteiger charge is 2.22. The van der Waals surface area contributed by atoms with E-state index in [4.69, 9.17) is 0 Å². The fraction of sp³-hybridized carbons (Fsp3) is 0.462. The number of rotatable bonds is 3. The Morgan fingerprint density at radius 1 is 1.52 bits per heavy atom. The lowest BCUT2D eigenvalue weighted by atomic mass is 9.98. The fourth-order valence-corrected chi connectivity index (χ4v) is 3.83. The molecule has 2 aromatic rings. The van der Waals surface area contributed by atoms with Crippen LogP contribution in [-0.4, -0.2) is 33.8 Å². The summed E-state index contributed by atoms with van der Waals surface area (Å²) in [5, 5.41) is 12.5. The molecule has 112 valence electrons. The van der Waals surface area contributed by atoms with Crippen molar-refractivity contribution in [3.05, 3.63) is 26.6 Å². The number of aromatic nitrogens is 3. The molecule has 0 radical (unpaired) electrons. The maximum absolute atomic E-state index is 12.2. The highest BCUT2D eigenvalue weighted by atomic mass is 79.9. The molecule has 1 amide bonds. The summed E-state index contributed by atoms with van der Waals surface area (Å²) in [6.07, 6.45) is 2.07. The van der Waals surface area contributed by atoms with Gasteiger partial charge in [0.15, 0.2) is 5.82 Å². The van der Waals surface area contributed by atoms with Crippen LogP contribution in [0.2, 0.25) is 0 Å². The number of carbonyl (C=O) groups is 1. The zero-order chi connectivity index (χ0) is 14.8. The van der Waals surface area contributed by atoms with Crippen molar-refractivity contribution >= 4 is 39.1 Å². The number of hydrogen-bond acceptors (Lipinski definition) is 5. The molecular formula is C13H16BrN5OS. The first kappa shape index (κ1) is 14.7. The minimum Gasteiger partial charge on any atom is -0.317 e. The van der Waals surface area contributed by atoms with Crippen LogP contribution in [0.1, 0.15) is 34.3 Å². The van der Waals surface area contributed by atoms with Gasteiger partial charge in [0.25, 0.3) is 5.91 Å². The molecule has 0 unspecified atom stereocenters. The van der Waals surface area contributed by atoms with Crippen molar-refractivity contribution < 1.29 is 4.79 Å². The fourth-order valence-electron chi connectivity index (χ4n) is 2.38. The smallest absolute Gasteiger partial charge is 0.269 e. The summed E-state index contributed by atoms with van der Waals surface area (Å²) in [5.41, 5.74) is 0. The number of nitrogens with zero attached hydrogens (tertiary/aromatic N) is 3. The second-order valence-electron chi connectivity index (χ2n) is 4.99. The molecule has 0 bridgehead atoms. The molecular weight excluding hydrogens is 354 g/mol. The molecule has 0 aromatic carbocycles. The van der Waals surface area contributed by atoms with E-state index in [1.165, 1.54) is 11.3 Å². The number of aryl methyl sites for hydroxylation is 1. The standard InChI is InChI=1S/C13H16BrN5OS/c1-19-13(17-12(20)10-9(14)4-7-21-10)16-11(18-19)8-2-5-15-6-3-8/h4,7-8,15H,2-3,5-6H2,1H3,(H,16,17,18,20). The molecule has 1 aliphatic heterocycles. The van der Waals surface area contributed by atoms with E-state index in [2.05, 4.69) is 36.6 Å². The Hall–Kier alpha value is -1.25. The van der Waals surface area contributed by atoms with Crippen molar-refractivity contribution in [1.82, 2.24) is 20.1 Å². The first-order valence-corrected chi connectivity index (χ1v) is 8.48. The number of hydrogen-bond donors (Lipinski definition) is 2. The van der Waals surface area contributed by atoms with Crippen LogP contribution in [0, 0.1) is 0 Å². The van der Waals surface area contributed by atoms with Crippen LogP contribution in [0.15, 0.2) is 15.9 Å². The number of amides is 1. The number of thiophene rings is 1. The number of carbonyl (C=O) groups excluding carboxylic acids is 1. The van der Waals surface area contributed by atoms with Gasteiger partial charge < -0.3 is 5.32 Å². The summed E-state index contributed by atoms with van der Waals surface area (Å²) in [5.74, 6) is 1.52. The Kier molecular flexibility index (Phi) is 4.37. The maximum atomic E-state index is 12.2. The van der Waals surface area contributed by atoms with Crippen LogP contribution < -0.4 is 10.6 Å². The molecule has 0 atom stereocenters. The van der Waals surface area contributed by atoms with Crippen molar-refractivity contribution in [2.45, 2.75) is 18.8 Å². The van der Waals surface area contributed by atoms with E-state index in [1.54, 1.807) is 11.7 Å². The van der Waals surface area contributed by atoms with E-state index in [-0.39, 0.29) is 5.91 Å². The van der Waals surface area contributed by atoms with Gasteiger partial charge in [-0.25, -0.2) is 4.68 Å². The Bertz CT molecular complexity index is 647. The van der Waals surface area contributed by atoms with Crippen LogP contribution in [-0.2, 0) is 7.05 Å². The topological polar surface area (TPSA) is 71.8 Å². The average molecular weight is 370 g/mol. The van der Waals surface area contributed by atoms with Gasteiger partial charge in [0, 0.05) is 17.4 Å². The number of halogens is 1. The van der Waals surface area contributed by atoms with Crippen LogP contribution in [0.5, 0.6) is 0 Å². The maximum Gasteiger partial charge on any atom is 0.269 e. The van der Waals surface area contributed by atoms with Gasteiger partial charge in [-0.05, 0) is 53.3 Å². The molecule has 0 aliphatic carbocycles. The summed E-state index contributed by atoms with van der Waals surface area (Å²) in [6, 6.07) is 1.86. The predicted octanol–water partition coefficient (Wildman–Crippen LogP) is 2.36. The third kappa shape index (κ3) is 3.17. The second kappa shape index (κ2) is 6.25. The minimum atomic E-state index is -0.163. The lowest BCUT2D eigenvalue weighted by molar-refractivity contribution is 0.102. The monoisotopic (exact) mass is 369 g/mol. The van der Waals surface area contributed by atoms with Crippen molar-refractivity contribution in [2.24, 2.45) is 7.05 Å². The molecule has 2 N–H and O–H groups in total. The third-order valence-corrected chi connectivity index (χ3v) is 5.37. The summed E-state index contributed by atoms with van der Waals surface area (Å²) in [7, 11) is 1.80. The lowest BCUT2D eigenvalue weighted by Crippen LogP contribution is -2.27. The molecule has 2 aromatic heterocycles. The van der Waals surface area contributed by atoms with Gasteiger partial charge in [-0.2, -0.15) is 10.1 Å². The SMILES string of the molecule is Cn1nc(C2CCNCC2)nc1NC(=O)c1sccc1Br. The molecule has 1 saturated heterocycles. The molecule has 6 nitrogen and oxygen atoms in total. The zero-order valence-electron chi connectivity index (χ0n) is 11.6. The average Bonchev–Trinajstić information content (AvgIpc) is 3.07. The predicted molar refractivity (Wildman–Crippen MR) is 85.8 cm³/mol. The van der Waals surface area contributed by atoms with Gasteiger partial charge in [0.05, 0.1) is 0 Å². The van der Waals surface area contributed by atoms with Crippen molar-refractivity contribution in [3.8, 4) is 0 Å². The van der Waals surface area contributed by atoms with E-state index >= 15 is 0 Å². The summed E-state index contributed by atoms with van der Waals surface area (Å²) in [6.45, 7) is 1.99. The van der Waals surface area contributed by atoms with Gasteiger partial charge in [0.1, 0.15) is 4.88 Å². The lowest BCUT2D eigenvalue weighted by Gasteiger charge is -2.19. The normalized spacial score (nSPS) is 16.1. The second-order valence-corrected chi connectivity index (χ2v) is 6.76. The highest BCUT2D eigenvalue weighted by molar-refractivity contribution is 9.10. The summed E-state index contributed by atoms with van der Waals surface area (Å²) in [4.78, 5) is 17.3. The molecule has 3 rings (SSSR count). The van der Waals surface area contributed by atoms with Gasteiger partial charge in [-0.3, -0.25) is 10.1 Å². The first-order chi connectivity index (χ1) is 10.1. The number of nitrogens with one attached hydrogen (secondary N) is 2. The van der Waals surface area contributed by atoms with Gasteiger partial charge in [-0.1, -0.05) is 0 Å². The molecule has 1 fully saturated rings. The summed E-state index contributed by atoms with van der Waals surface area (Å²) >= 11 is 4.76. The van der Waals surface area contributed by atoms with Crippen molar-refractivity contribution in [2.75, 3.05) is 18.4 Å². The van der Waals surface area contributed by atoms with E-state index in [0.717, 1.165) is 36.2 Å². The van der Waals surface area contributed by atoms with E-state index < -0.39 is 0 Å². The van der Waals surface area contributed by atoms with Gasteiger partial charge in [0.2, 0.25) is 5.95 Å². The number of piperidine rings is 1. The van der Waals surface area contributed by atoms with Crippen molar-refractivity contribution in [1.29, 1.82) is 0 Å². The van der Waals surface area contributed by atoms with Gasteiger partial charge in [-0.15, -0.1) is 11.3 Å². The quantitative estimate of drug-likeness (QED) is 0.870. The molecule has 0 saturated carbocycles. The minimum absolute atomic E-state index is 0.163. The molecule has 1 aliphatic rings. The third-order valence-electron chi connectivity index (χ3n) is 3.53.